The molecule has 3 atom stereocenters. The molecule has 18 heavy (non-hydrogen) atoms. The summed E-state index contributed by atoms with van der Waals surface area (Å²) in [5.41, 5.74) is -0.0784. The summed E-state index contributed by atoms with van der Waals surface area (Å²) < 4.78 is 12.6. The van der Waals surface area contributed by atoms with Crippen LogP contribution in [-0.4, -0.2) is 50.9 Å². The molecular weight excluding hydrogens is 281 g/mol. The van der Waals surface area contributed by atoms with Crippen LogP contribution in [0.3, 0.4) is 0 Å². The largest absolute Gasteiger partial charge is 0.477 e. The number of β-lactam (4-membered cyclic amide) rings is 1. The predicted octanol–water partition coefficient (Wildman–Crippen LogP) is 0.855. The van der Waals surface area contributed by atoms with Crippen LogP contribution in [0.2, 0.25) is 0 Å². The Bertz CT molecular complexity index is 426. The Labute approximate surface area is 111 Å². The van der Waals surface area contributed by atoms with Gasteiger partial charge in [0.05, 0.1) is 22.9 Å². The van der Waals surface area contributed by atoms with Crippen LogP contribution in [0.25, 0.3) is 0 Å². The summed E-state index contributed by atoms with van der Waals surface area (Å²) in [7, 11) is 0. The number of nitrogens with zero attached hydrogens (tertiary/aromatic N) is 1. The summed E-state index contributed by atoms with van der Waals surface area (Å²) in [5.74, 6) is -1.99. The maximum atomic E-state index is 12.1. The third kappa shape index (κ3) is 2.02. The molecule has 2 rings (SSSR count). The first-order valence-electron chi connectivity index (χ1n) is 5.33. The zero-order valence-corrected chi connectivity index (χ0v) is 11.1. The van der Waals surface area contributed by atoms with Gasteiger partial charge in [-0.15, -0.1) is 11.8 Å². The number of rotatable bonds is 5. The SMILES string of the molecule is CC(O)C1C(=O)N2C(C(=O)O)=C(SCCF)S[C@H]12. The highest BCUT2D eigenvalue weighted by atomic mass is 32.2. The lowest BCUT2D eigenvalue weighted by Crippen LogP contribution is -2.60. The van der Waals surface area contributed by atoms with Gasteiger partial charge in [0, 0.05) is 5.75 Å². The van der Waals surface area contributed by atoms with Crippen molar-refractivity contribution in [1.82, 2.24) is 4.90 Å². The minimum atomic E-state index is -1.19. The number of halogens is 1. The highest BCUT2D eigenvalue weighted by Gasteiger charge is 2.57. The zero-order chi connectivity index (χ0) is 13.4. The molecule has 0 aromatic rings. The molecule has 2 unspecified atom stereocenters. The highest BCUT2D eigenvalue weighted by Crippen LogP contribution is 2.53. The van der Waals surface area contributed by atoms with Gasteiger partial charge in [-0.05, 0) is 6.92 Å². The molecule has 0 spiro atoms. The average molecular weight is 293 g/mol. The van der Waals surface area contributed by atoms with Crippen molar-refractivity contribution >= 4 is 35.4 Å². The molecule has 0 aliphatic carbocycles. The maximum absolute atomic E-state index is 12.1. The quantitative estimate of drug-likeness (QED) is 0.732. The number of carboxylic acid groups (broad SMARTS) is 1. The Morgan fingerprint density at radius 3 is 2.83 bits per heavy atom. The third-order valence-electron chi connectivity index (χ3n) is 2.78. The topological polar surface area (TPSA) is 77.8 Å². The fourth-order valence-corrected chi connectivity index (χ4v) is 4.71. The van der Waals surface area contributed by atoms with Crippen molar-refractivity contribution in [2.45, 2.75) is 18.4 Å². The van der Waals surface area contributed by atoms with Gasteiger partial charge in [0.25, 0.3) is 0 Å². The summed E-state index contributed by atoms with van der Waals surface area (Å²) in [4.78, 5) is 24.1. The van der Waals surface area contributed by atoms with Crippen molar-refractivity contribution in [1.29, 1.82) is 0 Å². The minimum Gasteiger partial charge on any atom is -0.477 e. The molecule has 2 heterocycles. The van der Waals surface area contributed by atoms with Gasteiger partial charge in [-0.25, -0.2) is 4.79 Å². The summed E-state index contributed by atoms with van der Waals surface area (Å²) in [5, 5.41) is 18.2. The molecule has 0 bridgehead atoms. The Morgan fingerprint density at radius 1 is 1.67 bits per heavy atom. The van der Waals surface area contributed by atoms with Gasteiger partial charge in [-0.1, -0.05) is 11.8 Å². The second-order valence-corrected chi connectivity index (χ2v) is 6.45. The fourth-order valence-electron chi connectivity index (χ4n) is 1.98. The van der Waals surface area contributed by atoms with Gasteiger partial charge in [0.15, 0.2) is 5.70 Å². The van der Waals surface area contributed by atoms with E-state index in [1.807, 2.05) is 0 Å². The number of carbonyl (C=O) groups is 2. The molecule has 0 saturated carbocycles. The summed E-state index contributed by atoms with van der Waals surface area (Å²) in [6.07, 6.45) is -0.813. The number of aliphatic hydroxyl groups excluding tert-OH is 1. The highest BCUT2D eigenvalue weighted by molar-refractivity contribution is 8.22. The second-order valence-electron chi connectivity index (χ2n) is 3.96. The van der Waals surface area contributed by atoms with E-state index in [-0.39, 0.29) is 22.7 Å². The summed E-state index contributed by atoms with van der Waals surface area (Å²) in [6.45, 7) is 0.952. The number of alkyl halides is 1. The van der Waals surface area contributed by atoms with Crippen LogP contribution < -0.4 is 0 Å². The number of carboxylic acids is 1. The van der Waals surface area contributed by atoms with Crippen molar-refractivity contribution in [3.8, 4) is 0 Å². The first kappa shape index (κ1) is 13.7. The van der Waals surface area contributed by atoms with Crippen molar-refractivity contribution in [2.24, 2.45) is 5.92 Å². The minimum absolute atomic E-state index is 0.0784. The van der Waals surface area contributed by atoms with E-state index in [0.717, 1.165) is 11.8 Å². The van der Waals surface area contributed by atoms with Crippen LogP contribution in [-0.2, 0) is 9.59 Å². The van der Waals surface area contributed by atoms with Gasteiger partial charge < -0.3 is 10.2 Å². The molecule has 0 aromatic carbocycles. The molecule has 1 saturated heterocycles. The van der Waals surface area contributed by atoms with E-state index < -0.39 is 24.7 Å². The van der Waals surface area contributed by atoms with Crippen molar-refractivity contribution < 1.29 is 24.2 Å². The molecule has 0 aromatic heterocycles. The van der Waals surface area contributed by atoms with E-state index in [0.29, 0.717) is 4.24 Å². The number of hydrogen-bond acceptors (Lipinski definition) is 5. The number of aliphatic hydroxyl groups is 1. The van der Waals surface area contributed by atoms with Gasteiger partial charge in [0.2, 0.25) is 5.91 Å². The van der Waals surface area contributed by atoms with E-state index >= 15 is 0 Å². The molecule has 2 N–H and O–H groups in total. The smallest absolute Gasteiger partial charge is 0.354 e. The number of fused-ring (bicyclic) bond motifs is 1. The summed E-state index contributed by atoms with van der Waals surface area (Å²) in [6, 6.07) is 0. The van der Waals surface area contributed by atoms with Gasteiger partial charge in [-0.3, -0.25) is 14.1 Å². The van der Waals surface area contributed by atoms with Crippen molar-refractivity contribution in [3.05, 3.63) is 9.93 Å². The lowest BCUT2D eigenvalue weighted by molar-refractivity contribution is -0.156. The van der Waals surface area contributed by atoms with Gasteiger partial charge >= 0.3 is 5.97 Å². The second kappa shape index (κ2) is 5.10. The number of hydrogen-bond donors (Lipinski definition) is 2. The van der Waals surface area contributed by atoms with E-state index in [2.05, 4.69) is 0 Å². The van der Waals surface area contributed by atoms with Crippen molar-refractivity contribution in [2.75, 3.05) is 12.4 Å². The number of amides is 1. The maximum Gasteiger partial charge on any atom is 0.354 e. The van der Waals surface area contributed by atoms with Gasteiger partial charge in [-0.2, -0.15) is 0 Å². The predicted molar refractivity (Wildman–Crippen MR) is 66.5 cm³/mol. The third-order valence-corrected chi connectivity index (χ3v) is 5.39. The lowest BCUT2D eigenvalue weighted by atomic mass is 9.92. The van der Waals surface area contributed by atoms with Crippen LogP contribution in [0.1, 0.15) is 6.92 Å². The molecular formula is C10H12FNO4S2. The Hall–Kier alpha value is -0.730. The Kier molecular flexibility index (Phi) is 3.88. The van der Waals surface area contributed by atoms with Crippen molar-refractivity contribution in [3.63, 3.8) is 0 Å². The van der Waals surface area contributed by atoms with Crippen LogP contribution in [0.4, 0.5) is 4.39 Å². The number of carbonyl (C=O) groups excluding carboxylic acids is 1. The van der Waals surface area contributed by atoms with Gasteiger partial charge in [0.1, 0.15) is 5.37 Å². The Balaban J connectivity index is 2.21. The standard InChI is InChI=1S/C10H12FNO4S2/c1-4(13)5-7(14)12-6(9(15)16)10(17-3-2-11)18-8(5)12/h4-5,8,13H,2-3H2,1H3,(H,15,16)/t4?,5?,8-/m1/s1. The molecule has 1 fully saturated rings. The monoisotopic (exact) mass is 293 g/mol. The zero-order valence-electron chi connectivity index (χ0n) is 9.50. The van der Waals surface area contributed by atoms with E-state index in [1.54, 1.807) is 0 Å². The van der Waals surface area contributed by atoms with E-state index in [1.165, 1.54) is 23.6 Å². The first-order valence-corrected chi connectivity index (χ1v) is 7.19. The molecule has 8 heteroatoms. The van der Waals surface area contributed by atoms with E-state index in [4.69, 9.17) is 5.11 Å². The molecule has 1 amide bonds. The van der Waals surface area contributed by atoms with Crippen LogP contribution >= 0.6 is 23.5 Å². The van der Waals surface area contributed by atoms with E-state index in [9.17, 15) is 19.1 Å². The van der Waals surface area contributed by atoms with Crippen LogP contribution in [0.15, 0.2) is 9.93 Å². The Morgan fingerprint density at radius 2 is 2.33 bits per heavy atom. The van der Waals surface area contributed by atoms with Crippen LogP contribution in [0, 0.1) is 5.92 Å². The number of aliphatic carboxylic acids is 1. The fraction of sp³-hybridized carbons (Fsp3) is 0.600. The average Bonchev–Trinajstić information content (AvgIpc) is 2.60. The lowest BCUT2D eigenvalue weighted by Gasteiger charge is -2.43. The summed E-state index contributed by atoms with van der Waals surface area (Å²) >= 11 is 2.31. The normalized spacial score (nSPS) is 28.2. The number of thioether (sulfide) groups is 2. The van der Waals surface area contributed by atoms with Crippen LogP contribution in [0.5, 0.6) is 0 Å². The molecule has 2 aliphatic heterocycles. The molecule has 2 aliphatic rings. The molecule has 100 valence electrons. The molecule has 5 nitrogen and oxygen atoms in total. The molecule has 0 radical (unpaired) electrons. The first-order chi connectivity index (χ1) is 8.49.